The summed E-state index contributed by atoms with van der Waals surface area (Å²) in [5, 5.41) is 3.45. The average Bonchev–Trinajstić information content (AvgIpc) is 3.11. The largest absolute Gasteiger partial charge is 0.310 e. The molecule has 1 aliphatic rings. The molecule has 0 amide bonds. The summed E-state index contributed by atoms with van der Waals surface area (Å²) in [4.78, 5) is 9.18. The quantitative estimate of drug-likeness (QED) is 0.843. The highest BCUT2D eigenvalue weighted by molar-refractivity contribution is 7.97. The summed E-state index contributed by atoms with van der Waals surface area (Å²) >= 11 is 1.78. The van der Waals surface area contributed by atoms with E-state index in [-0.39, 0.29) is 0 Å². The van der Waals surface area contributed by atoms with Gasteiger partial charge in [-0.1, -0.05) is 13.8 Å². The topological polar surface area (TPSA) is 37.8 Å². The van der Waals surface area contributed by atoms with E-state index in [4.69, 9.17) is 4.98 Å². The summed E-state index contributed by atoms with van der Waals surface area (Å²) in [6.07, 6.45) is 6.70. The summed E-state index contributed by atoms with van der Waals surface area (Å²) in [6.45, 7) is 5.22. The lowest BCUT2D eigenvalue weighted by molar-refractivity contribution is 0.582. The Bertz CT molecular complexity index is 375. The molecule has 0 spiro atoms. The molecule has 1 aromatic heterocycles. The van der Waals surface area contributed by atoms with Crippen LogP contribution < -0.4 is 5.32 Å². The second-order valence-corrected chi connectivity index (χ2v) is 5.81. The number of rotatable bonds is 6. The molecule has 1 N–H and O–H groups in total. The molecular weight excluding hydrogens is 230 g/mol. The van der Waals surface area contributed by atoms with E-state index in [1.165, 1.54) is 24.1 Å². The van der Waals surface area contributed by atoms with Crippen molar-refractivity contribution in [1.82, 2.24) is 15.3 Å². The van der Waals surface area contributed by atoms with E-state index in [2.05, 4.69) is 30.4 Å². The van der Waals surface area contributed by atoms with Gasteiger partial charge in [0.2, 0.25) is 0 Å². The van der Waals surface area contributed by atoms with Crippen LogP contribution >= 0.6 is 11.8 Å². The van der Waals surface area contributed by atoms with Crippen molar-refractivity contribution in [2.45, 2.75) is 50.9 Å². The second-order valence-electron chi connectivity index (χ2n) is 4.94. The molecule has 1 saturated carbocycles. The van der Waals surface area contributed by atoms with Crippen LogP contribution in [0.5, 0.6) is 0 Å². The maximum absolute atomic E-state index is 4.73. The molecule has 1 aromatic rings. The van der Waals surface area contributed by atoms with Crippen LogP contribution in [0.2, 0.25) is 0 Å². The fourth-order valence-corrected chi connectivity index (χ4v) is 2.21. The molecule has 0 radical (unpaired) electrons. The third kappa shape index (κ3) is 3.68. The zero-order chi connectivity index (χ0) is 12.3. The Morgan fingerprint density at radius 1 is 1.47 bits per heavy atom. The van der Waals surface area contributed by atoms with Crippen molar-refractivity contribution >= 4 is 11.8 Å². The smallest absolute Gasteiger partial charge is 0.138 e. The molecule has 2 rings (SSSR count). The Morgan fingerprint density at radius 2 is 2.24 bits per heavy atom. The third-order valence-corrected chi connectivity index (χ3v) is 3.43. The van der Waals surface area contributed by atoms with Gasteiger partial charge in [0.05, 0.1) is 11.4 Å². The number of hydrogen-bond donors (Lipinski definition) is 1. The fourth-order valence-electron chi connectivity index (χ4n) is 1.82. The van der Waals surface area contributed by atoms with Crippen molar-refractivity contribution in [3.63, 3.8) is 0 Å². The van der Waals surface area contributed by atoms with Crippen LogP contribution in [0.3, 0.4) is 0 Å². The molecule has 17 heavy (non-hydrogen) atoms. The SMILES string of the molecule is CSCc1ncc(CNC(C)C)c(C2CC2)n1. The standard InChI is InChI=1S/C13H21N3S/c1-9(2)14-6-11-7-15-12(8-17-3)16-13(11)10-4-5-10/h7,9-10,14H,4-6,8H2,1-3H3. The molecule has 0 unspecified atom stereocenters. The van der Waals surface area contributed by atoms with E-state index in [9.17, 15) is 0 Å². The maximum Gasteiger partial charge on any atom is 0.138 e. The highest BCUT2D eigenvalue weighted by Gasteiger charge is 2.28. The highest BCUT2D eigenvalue weighted by atomic mass is 32.2. The van der Waals surface area contributed by atoms with Crippen molar-refractivity contribution in [3.8, 4) is 0 Å². The van der Waals surface area contributed by atoms with Crippen molar-refractivity contribution in [1.29, 1.82) is 0 Å². The lowest BCUT2D eigenvalue weighted by atomic mass is 10.1. The van der Waals surface area contributed by atoms with Crippen molar-refractivity contribution in [3.05, 3.63) is 23.3 Å². The van der Waals surface area contributed by atoms with E-state index in [0.29, 0.717) is 12.0 Å². The van der Waals surface area contributed by atoms with Crippen molar-refractivity contribution in [2.24, 2.45) is 0 Å². The van der Waals surface area contributed by atoms with Crippen LogP contribution in [0.4, 0.5) is 0 Å². The van der Waals surface area contributed by atoms with Crippen LogP contribution in [0, 0.1) is 0 Å². The minimum Gasteiger partial charge on any atom is -0.310 e. The van der Waals surface area contributed by atoms with Gasteiger partial charge < -0.3 is 5.32 Å². The molecule has 94 valence electrons. The summed E-state index contributed by atoms with van der Waals surface area (Å²) in [5.41, 5.74) is 2.57. The number of aromatic nitrogens is 2. The molecule has 0 bridgehead atoms. The van der Waals surface area contributed by atoms with Gasteiger partial charge in [-0.3, -0.25) is 0 Å². The molecule has 0 saturated heterocycles. The Kier molecular flexibility index (Phi) is 4.40. The van der Waals surface area contributed by atoms with Gasteiger partial charge in [-0.05, 0) is 19.1 Å². The fraction of sp³-hybridized carbons (Fsp3) is 0.692. The van der Waals surface area contributed by atoms with E-state index in [1.807, 2.05) is 6.20 Å². The Labute approximate surface area is 108 Å². The zero-order valence-corrected chi connectivity index (χ0v) is 11.7. The average molecular weight is 251 g/mol. The van der Waals surface area contributed by atoms with Gasteiger partial charge in [-0.2, -0.15) is 11.8 Å². The Balaban J connectivity index is 2.13. The van der Waals surface area contributed by atoms with E-state index in [0.717, 1.165) is 18.1 Å². The lowest BCUT2D eigenvalue weighted by Crippen LogP contribution is -2.23. The highest BCUT2D eigenvalue weighted by Crippen LogP contribution is 2.40. The molecule has 4 heteroatoms. The minimum absolute atomic E-state index is 0.507. The van der Waals surface area contributed by atoms with Crippen LogP contribution in [-0.4, -0.2) is 22.3 Å². The first-order valence-corrected chi connectivity index (χ1v) is 7.67. The normalized spacial score (nSPS) is 15.5. The summed E-state index contributed by atoms with van der Waals surface area (Å²) in [6, 6.07) is 0.507. The van der Waals surface area contributed by atoms with Crippen molar-refractivity contribution < 1.29 is 0 Å². The van der Waals surface area contributed by atoms with Crippen LogP contribution in [0.15, 0.2) is 6.20 Å². The van der Waals surface area contributed by atoms with Crippen LogP contribution in [-0.2, 0) is 12.3 Å². The summed E-state index contributed by atoms with van der Waals surface area (Å²) in [7, 11) is 0. The zero-order valence-electron chi connectivity index (χ0n) is 10.9. The van der Waals surface area contributed by atoms with E-state index in [1.54, 1.807) is 11.8 Å². The van der Waals surface area contributed by atoms with Crippen molar-refractivity contribution in [2.75, 3.05) is 6.26 Å². The summed E-state index contributed by atoms with van der Waals surface area (Å²) in [5.74, 6) is 2.59. The first-order valence-electron chi connectivity index (χ1n) is 6.27. The number of thioether (sulfide) groups is 1. The number of nitrogens with one attached hydrogen (secondary N) is 1. The monoisotopic (exact) mass is 251 g/mol. The molecule has 0 aliphatic heterocycles. The molecule has 1 fully saturated rings. The van der Waals surface area contributed by atoms with Gasteiger partial charge >= 0.3 is 0 Å². The summed E-state index contributed by atoms with van der Waals surface area (Å²) < 4.78 is 0. The van der Waals surface area contributed by atoms with Gasteiger partial charge in [-0.15, -0.1) is 0 Å². The maximum atomic E-state index is 4.73. The number of hydrogen-bond acceptors (Lipinski definition) is 4. The molecule has 1 heterocycles. The van der Waals surface area contributed by atoms with Gasteiger partial charge in [0.1, 0.15) is 5.82 Å². The molecular formula is C13H21N3S. The molecule has 3 nitrogen and oxygen atoms in total. The van der Waals surface area contributed by atoms with Gasteiger partial charge in [0.25, 0.3) is 0 Å². The van der Waals surface area contributed by atoms with Gasteiger partial charge in [-0.25, -0.2) is 9.97 Å². The lowest BCUT2D eigenvalue weighted by Gasteiger charge is -2.12. The predicted molar refractivity (Wildman–Crippen MR) is 73.2 cm³/mol. The molecule has 0 atom stereocenters. The number of nitrogens with zero attached hydrogens (tertiary/aromatic N) is 2. The Hall–Kier alpha value is -0.610. The van der Waals surface area contributed by atoms with E-state index >= 15 is 0 Å². The van der Waals surface area contributed by atoms with Crippen LogP contribution in [0.25, 0.3) is 0 Å². The van der Waals surface area contributed by atoms with Gasteiger partial charge in [0.15, 0.2) is 0 Å². The van der Waals surface area contributed by atoms with E-state index < -0.39 is 0 Å². The minimum atomic E-state index is 0.507. The predicted octanol–water partition coefficient (Wildman–Crippen LogP) is 2.72. The first-order chi connectivity index (χ1) is 8.20. The van der Waals surface area contributed by atoms with Crippen LogP contribution in [0.1, 0.15) is 49.7 Å². The third-order valence-electron chi connectivity index (χ3n) is 2.89. The molecule has 0 aromatic carbocycles. The Morgan fingerprint density at radius 3 is 2.82 bits per heavy atom. The molecule has 1 aliphatic carbocycles. The first kappa shape index (κ1) is 12.8. The van der Waals surface area contributed by atoms with Gasteiger partial charge in [0, 0.05) is 30.3 Å². The second kappa shape index (κ2) is 5.83.